The molecule has 0 spiro atoms. The van der Waals surface area contributed by atoms with E-state index in [9.17, 15) is 4.39 Å². The number of nitrogens with zero attached hydrogens (tertiary/aromatic N) is 3. The van der Waals surface area contributed by atoms with Crippen molar-refractivity contribution in [3.63, 3.8) is 0 Å². The van der Waals surface area contributed by atoms with Gasteiger partial charge in [-0.2, -0.15) is 0 Å². The molecule has 0 atom stereocenters. The highest BCUT2D eigenvalue weighted by Gasteiger charge is 2.18. The van der Waals surface area contributed by atoms with E-state index < -0.39 is 0 Å². The van der Waals surface area contributed by atoms with Crippen LogP contribution in [0.15, 0.2) is 12.5 Å². The molecule has 2 aromatic rings. The fraction of sp³-hybridized carbons (Fsp3) is 0.455. The zero-order valence-electron chi connectivity index (χ0n) is 8.91. The van der Waals surface area contributed by atoms with E-state index in [1.165, 1.54) is 18.9 Å². The topological polar surface area (TPSA) is 44.8 Å². The van der Waals surface area contributed by atoms with Crippen LogP contribution in [-0.2, 0) is 0 Å². The summed E-state index contributed by atoms with van der Waals surface area (Å²) in [6, 6.07) is 0. The van der Waals surface area contributed by atoms with E-state index in [2.05, 4.69) is 19.9 Å². The van der Waals surface area contributed by atoms with Crippen molar-refractivity contribution in [2.24, 2.45) is 0 Å². The van der Waals surface area contributed by atoms with E-state index in [0.29, 0.717) is 11.0 Å². The minimum Gasteiger partial charge on any atom is -0.356 e. The fourth-order valence-electron chi connectivity index (χ4n) is 2.26. The summed E-state index contributed by atoms with van der Waals surface area (Å²) >= 11 is 0. The molecule has 0 radical (unpaired) electrons. The van der Waals surface area contributed by atoms with E-state index in [4.69, 9.17) is 0 Å². The molecule has 1 N–H and O–H groups in total. The van der Waals surface area contributed by atoms with Gasteiger partial charge < -0.3 is 9.88 Å². The van der Waals surface area contributed by atoms with Crippen molar-refractivity contribution >= 4 is 16.9 Å². The molecule has 0 aliphatic carbocycles. The highest BCUT2D eigenvalue weighted by Crippen LogP contribution is 2.27. The van der Waals surface area contributed by atoms with Crippen molar-refractivity contribution in [2.75, 3.05) is 18.0 Å². The molecule has 0 aromatic carbocycles. The number of hydrogen-bond donors (Lipinski definition) is 1. The summed E-state index contributed by atoms with van der Waals surface area (Å²) in [6.45, 7) is 1.91. The molecule has 1 saturated heterocycles. The molecule has 84 valence electrons. The van der Waals surface area contributed by atoms with E-state index in [1.807, 2.05) is 0 Å². The van der Waals surface area contributed by atoms with Gasteiger partial charge in [0.1, 0.15) is 17.8 Å². The van der Waals surface area contributed by atoms with Gasteiger partial charge in [0.25, 0.3) is 0 Å². The van der Waals surface area contributed by atoms with Crippen molar-refractivity contribution in [2.45, 2.75) is 19.3 Å². The first-order valence-electron chi connectivity index (χ1n) is 5.59. The lowest BCUT2D eigenvalue weighted by Crippen LogP contribution is -2.30. The van der Waals surface area contributed by atoms with Crippen LogP contribution in [0.25, 0.3) is 11.0 Å². The van der Waals surface area contributed by atoms with Gasteiger partial charge in [0.05, 0.1) is 5.39 Å². The second-order valence-electron chi connectivity index (χ2n) is 4.11. The maximum absolute atomic E-state index is 13.6. The Labute approximate surface area is 92.5 Å². The average molecular weight is 220 g/mol. The summed E-state index contributed by atoms with van der Waals surface area (Å²) in [7, 11) is 0. The molecule has 16 heavy (non-hydrogen) atoms. The minimum atomic E-state index is -0.267. The van der Waals surface area contributed by atoms with Gasteiger partial charge in [0, 0.05) is 19.3 Å². The lowest BCUT2D eigenvalue weighted by Gasteiger charge is -2.27. The van der Waals surface area contributed by atoms with Crippen molar-refractivity contribution < 1.29 is 4.39 Å². The fourth-order valence-corrected chi connectivity index (χ4v) is 2.26. The Hall–Kier alpha value is -1.65. The number of piperidine rings is 1. The number of H-pyrrole nitrogens is 1. The molecule has 1 aliphatic heterocycles. The monoisotopic (exact) mass is 220 g/mol. The summed E-state index contributed by atoms with van der Waals surface area (Å²) in [5, 5.41) is 0.518. The van der Waals surface area contributed by atoms with Gasteiger partial charge in [-0.3, -0.25) is 0 Å². The third kappa shape index (κ3) is 1.43. The van der Waals surface area contributed by atoms with Gasteiger partial charge in [-0.1, -0.05) is 0 Å². The van der Waals surface area contributed by atoms with Crippen LogP contribution in [0.3, 0.4) is 0 Å². The number of aromatic amines is 1. The van der Waals surface area contributed by atoms with Crippen LogP contribution in [0.5, 0.6) is 0 Å². The van der Waals surface area contributed by atoms with Gasteiger partial charge in [-0.15, -0.1) is 0 Å². The van der Waals surface area contributed by atoms with Gasteiger partial charge in [-0.05, 0) is 19.3 Å². The smallest absolute Gasteiger partial charge is 0.153 e. The molecule has 0 bridgehead atoms. The lowest BCUT2D eigenvalue weighted by atomic mass is 10.1. The largest absolute Gasteiger partial charge is 0.356 e. The van der Waals surface area contributed by atoms with E-state index >= 15 is 0 Å². The van der Waals surface area contributed by atoms with Crippen LogP contribution < -0.4 is 4.90 Å². The standard InChI is InChI=1S/C11H13FN4/c12-8-6-13-10-9(8)11(15-7-14-10)16-4-2-1-3-5-16/h6-7H,1-5H2,(H,13,14,15). The Morgan fingerprint density at radius 3 is 2.81 bits per heavy atom. The third-order valence-electron chi connectivity index (χ3n) is 3.06. The zero-order valence-corrected chi connectivity index (χ0v) is 8.91. The Bertz CT molecular complexity index is 502. The summed E-state index contributed by atoms with van der Waals surface area (Å²) in [6.07, 6.45) is 6.38. The second-order valence-corrected chi connectivity index (χ2v) is 4.11. The molecular weight excluding hydrogens is 207 g/mol. The van der Waals surface area contributed by atoms with Crippen LogP contribution in [0, 0.1) is 5.82 Å². The Morgan fingerprint density at radius 2 is 2.00 bits per heavy atom. The summed E-state index contributed by atoms with van der Waals surface area (Å²) in [5.74, 6) is 0.458. The predicted octanol–water partition coefficient (Wildman–Crippen LogP) is 2.09. The predicted molar refractivity (Wildman–Crippen MR) is 59.9 cm³/mol. The first-order chi connectivity index (χ1) is 7.86. The zero-order chi connectivity index (χ0) is 11.0. The highest BCUT2D eigenvalue weighted by molar-refractivity contribution is 5.87. The highest BCUT2D eigenvalue weighted by atomic mass is 19.1. The van der Waals surface area contributed by atoms with Crippen molar-refractivity contribution in [3.8, 4) is 0 Å². The van der Waals surface area contributed by atoms with E-state index in [1.54, 1.807) is 0 Å². The molecule has 0 unspecified atom stereocenters. The van der Waals surface area contributed by atoms with Gasteiger partial charge >= 0.3 is 0 Å². The number of fused-ring (bicyclic) bond motifs is 1. The second kappa shape index (κ2) is 3.73. The number of hydrogen-bond acceptors (Lipinski definition) is 3. The summed E-state index contributed by atoms with van der Waals surface area (Å²) < 4.78 is 13.6. The molecule has 4 nitrogen and oxygen atoms in total. The maximum atomic E-state index is 13.6. The maximum Gasteiger partial charge on any atom is 0.153 e. The van der Waals surface area contributed by atoms with Gasteiger partial charge in [-0.25, -0.2) is 14.4 Å². The average Bonchev–Trinajstić information content (AvgIpc) is 2.73. The Kier molecular flexibility index (Phi) is 2.23. The van der Waals surface area contributed by atoms with Crippen molar-refractivity contribution in [1.82, 2.24) is 15.0 Å². The Morgan fingerprint density at radius 1 is 1.19 bits per heavy atom. The third-order valence-corrected chi connectivity index (χ3v) is 3.06. The quantitative estimate of drug-likeness (QED) is 0.800. The minimum absolute atomic E-state index is 0.267. The number of aromatic nitrogens is 3. The van der Waals surface area contributed by atoms with Crippen LogP contribution in [0.4, 0.5) is 10.2 Å². The summed E-state index contributed by atoms with van der Waals surface area (Å²) in [4.78, 5) is 13.2. The molecule has 1 fully saturated rings. The van der Waals surface area contributed by atoms with Crippen LogP contribution in [0.1, 0.15) is 19.3 Å². The van der Waals surface area contributed by atoms with Crippen LogP contribution in [-0.4, -0.2) is 28.0 Å². The SMILES string of the molecule is Fc1c[nH]c2ncnc(N3CCCCC3)c12. The molecule has 1 aliphatic rings. The first kappa shape index (κ1) is 9.57. The molecular formula is C11H13FN4. The first-order valence-corrected chi connectivity index (χ1v) is 5.59. The number of nitrogens with one attached hydrogen (secondary N) is 1. The molecule has 0 amide bonds. The van der Waals surface area contributed by atoms with E-state index in [0.717, 1.165) is 31.7 Å². The van der Waals surface area contributed by atoms with Gasteiger partial charge in [0.15, 0.2) is 5.82 Å². The molecule has 3 rings (SSSR count). The Balaban J connectivity index is 2.10. The number of rotatable bonds is 1. The van der Waals surface area contributed by atoms with Crippen molar-refractivity contribution in [3.05, 3.63) is 18.3 Å². The molecule has 0 saturated carbocycles. The molecule has 3 heterocycles. The number of halogens is 1. The van der Waals surface area contributed by atoms with Crippen LogP contribution in [0.2, 0.25) is 0 Å². The number of anilines is 1. The summed E-state index contributed by atoms with van der Waals surface area (Å²) in [5.41, 5.74) is 0.577. The van der Waals surface area contributed by atoms with Gasteiger partial charge in [0.2, 0.25) is 0 Å². The molecule has 2 aromatic heterocycles. The molecule has 5 heteroatoms. The normalized spacial score (nSPS) is 16.9. The van der Waals surface area contributed by atoms with E-state index in [-0.39, 0.29) is 5.82 Å². The van der Waals surface area contributed by atoms with Crippen LogP contribution >= 0.6 is 0 Å². The lowest BCUT2D eigenvalue weighted by molar-refractivity contribution is 0.573. The van der Waals surface area contributed by atoms with Crippen molar-refractivity contribution in [1.29, 1.82) is 0 Å².